The molecule has 2 aliphatic rings. The number of rotatable bonds is 6. The van der Waals surface area contributed by atoms with E-state index in [4.69, 9.17) is 9.47 Å². The third-order valence-corrected chi connectivity index (χ3v) is 4.97. The standard InChI is InChI=1S/C17H31F3N4O2/c1-14(17(18,19)20)23-7-9-24(10-8-23)16(21-2)22-6-3-11-26-15-4-12-25-13-5-15/h14-15H,3-13H2,1-2H3,(H,21,22). The molecule has 6 nitrogen and oxygen atoms in total. The van der Waals surface area contributed by atoms with Crippen LogP contribution in [0.5, 0.6) is 0 Å². The summed E-state index contributed by atoms with van der Waals surface area (Å²) in [5, 5.41) is 3.28. The number of piperazine rings is 1. The van der Waals surface area contributed by atoms with E-state index in [1.807, 2.05) is 4.90 Å². The minimum atomic E-state index is -4.17. The number of aliphatic imine (C=N–C) groups is 1. The predicted octanol–water partition coefficient (Wildman–Crippen LogP) is 1.72. The first-order chi connectivity index (χ1) is 12.4. The molecule has 0 aliphatic carbocycles. The minimum absolute atomic E-state index is 0.298. The van der Waals surface area contributed by atoms with E-state index in [0.29, 0.717) is 38.9 Å². The number of hydrogen-bond acceptors (Lipinski definition) is 4. The Hall–Kier alpha value is -1.06. The topological polar surface area (TPSA) is 49.3 Å². The average Bonchev–Trinajstić information content (AvgIpc) is 2.64. The molecule has 9 heteroatoms. The maximum atomic E-state index is 12.8. The molecule has 2 fully saturated rings. The Labute approximate surface area is 153 Å². The van der Waals surface area contributed by atoms with E-state index < -0.39 is 12.2 Å². The van der Waals surface area contributed by atoms with Crippen molar-refractivity contribution in [1.29, 1.82) is 0 Å². The highest BCUT2D eigenvalue weighted by Crippen LogP contribution is 2.25. The van der Waals surface area contributed by atoms with Gasteiger partial charge in [0.25, 0.3) is 0 Å². The highest BCUT2D eigenvalue weighted by molar-refractivity contribution is 5.79. The van der Waals surface area contributed by atoms with E-state index in [-0.39, 0.29) is 0 Å². The molecule has 0 bridgehead atoms. The van der Waals surface area contributed by atoms with Crippen LogP contribution in [0, 0.1) is 0 Å². The maximum Gasteiger partial charge on any atom is 0.403 e. The van der Waals surface area contributed by atoms with Crippen molar-refractivity contribution in [3.8, 4) is 0 Å². The van der Waals surface area contributed by atoms with Crippen LogP contribution in [-0.2, 0) is 9.47 Å². The molecule has 0 radical (unpaired) electrons. The van der Waals surface area contributed by atoms with Crippen LogP contribution >= 0.6 is 0 Å². The van der Waals surface area contributed by atoms with Crippen molar-refractivity contribution in [1.82, 2.24) is 15.1 Å². The highest BCUT2D eigenvalue weighted by Gasteiger charge is 2.41. The summed E-state index contributed by atoms with van der Waals surface area (Å²) in [7, 11) is 1.70. The Balaban J connectivity index is 1.63. The monoisotopic (exact) mass is 380 g/mol. The predicted molar refractivity (Wildman–Crippen MR) is 94.4 cm³/mol. The molecule has 0 aromatic carbocycles. The molecule has 0 amide bonds. The molecule has 0 aromatic rings. The molecule has 0 aromatic heterocycles. The van der Waals surface area contributed by atoms with E-state index >= 15 is 0 Å². The lowest BCUT2D eigenvalue weighted by molar-refractivity contribution is -0.181. The van der Waals surface area contributed by atoms with Gasteiger partial charge in [-0.15, -0.1) is 0 Å². The van der Waals surface area contributed by atoms with Gasteiger partial charge in [-0.3, -0.25) is 9.89 Å². The molecule has 1 unspecified atom stereocenters. The largest absolute Gasteiger partial charge is 0.403 e. The van der Waals surface area contributed by atoms with Crippen molar-refractivity contribution in [2.24, 2.45) is 4.99 Å². The normalized spacial score (nSPS) is 22.5. The quantitative estimate of drug-likeness (QED) is 0.432. The zero-order valence-corrected chi connectivity index (χ0v) is 15.7. The fraction of sp³-hybridized carbons (Fsp3) is 0.941. The van der Waals surface area contributed by atoms with Gasteiger partial charge in [-0.05, 0) is 26.2 Å². The molecular formula is C17H31F3N4O2. The van der Waals surface area contributed by atoms with Crippen LogP contribution in [0.4, 0.5) is 13.2 Å². The lowest BCUT2D eigenvalue weighted by Gasteiger charge is -2.39. The van der Waals surface area contributed by atoms with Gasteiger partial charge in [-0.1, -0.05) is 0 Å². The van der Waals surface area contributed by atoms with Gasteiger partial charge in [0.1, 0.15) is 6.04 Å². The first kappa shape index (κ1) is 21.2. The van der Waals surface area contributed by atoms with E-state index in [0.717, 1.165) is 45.0 Å². The number of ether oxygens (including phenoxy) is 2. The van der Waals surface area contributed by atoms with Crippen LogP contribution < -0.4 is 5.32 Å². The fourth-order valence-corrected chi connectivity index (χ4v) is 3.23. The molecule has 0 spiro atoms. The van der Waals surface area contributed by atoms with Gasteiger partial charge in [-0.25, -0.2) is 0 Å². The van der Waals surface area contributed by atoms with E-state index in [9.17, 15) is 13.2 Å². The summed E-state index contributed by atoms with van der Waals surface area (Å²) >= 11 is 0. The van der Waals surface area contributed by atoms with Crippen LogP contribution in [0.25, 0.3) is 0 Å². The molecule has 1 N–H and O–H groups in total. The average molecular weight is 380 g/mol. The van der Waals surface area contributed by atoms with Gasteiger partial charge < -0.3 is 19.7 Å². The van der Waals surface area contributed by atoms with Gasteiger partial charge >= 0.3 is 6.18 Å². The van der Waals surface area contributed by atoms with Gasteiger partial charge in [0.15, 0.2) is 5.96 Å². The highest BCUT2D eigenvalue weighted by atomic mass is 19.4. The third kappa shape index (κ3) is 6.59. The summed E-state index contributed by atoms with van der Waals surface area (Å²) in [5.41, 5.74) is 0. The van der Waals surface area contributed by atoms with Gasteiger partial charge in [0, 0.05) is 59.6 Å². The third-order valence-electron chi connectivity index (χ3n) is 4.97. The summed E-state index contributed by atoms with van der Waals surface area (Å²) in [4.78, 5) is 7.74. The van der Waals surface area contributed by atoms with Crippen molar-refractivity contribution in [2.45, 2.75) is 44.5 Å². The first-order valence-corrected chi connectivity index (χ1v) is 9.37. The van der Waals surface area contributed by atoms with Gasteiger partial charge in [0.05, 0.1) is 6.10 Å². The Morgan fingerprint density at radius 3 is 2.46 bits per heavy atom. The second kappa shape index (κ2) is 10.3. The number of alkyl halides is 3. The zero-order valence-electron chi connectivity index (χ0n) is 15.7. The molecular weight excluding hydrogens is 349 g/mol. The molecule has 2 heterocycles. The Kier molecular flexibility index (Phi) is 8.43. The summed E-state index contributed by atoms with van der Waals surface area (Å²) in [5.74, 6) is 0.746. The van der Waals surface area contributed by atoms with Crippen LogP contribution in [0.3, 0.4) is 0 Å². The molecule has 0 saturated carbocycles. The molecule has 2 aliphatic heterocycles. The summed E-state index contributed by atoms with van der Waals surface area (Å²) < 4.78 is 49.6. The SMILES string of the molecule is CN=C(NCCCOC1CCOCC1)N1CCN(C(C)C(F)(F)F)CC1. The minimum Gasteiger partial charge on any atom is -0.381 e. The van der Waals surface area contributed by atoms with Crippen molar-refractivity contribution >= 4 is 5.96 Å². The van der Waals surface area contributed by atoms with Crippen LogP contribution in [0.1, 0.15) is 26.2 Å². The second-order valence-electron chi connectivity index (χ2n) is 6.75. The van der Waals surface area contributed by atoms with Crippen LogP contribution in [0.15, 0.2) is 4.99 Å². The smallest absolute Gasteiger partial charge is 0.381 e. The number of hydrogen-bond donors (Lipinski definition) is 1. The van der Waals surface area contributed by atoms with Crippen molar-refractivity contribution in [2.75, 3.05) is 59.6 Å². The Morgan fingerprint density at radius 1 is 1.23 bits per heavy atom. The van der Waals surface area contributed by atoms with Crippen molar-refractivity contribution < 1.29 is 22.6 Å². The maximum absolute atomic E-state index is 12.8. The summed E-state index contributed by atoms with van der Waals surface area (Å²) in [6, 6.07) is -1.40. The lowest BCUT2D eigenvalue weighted by atomic mass is 10.1. The number of nitrogens with one attached hydrogen (secondary N) is 1. The number of halogens is 3. The molecule has 2 rings (SSSR count). The first-order valence-electron chi connectivity index (χ1n) is 9.37. The number of nitrogens with zero attached hydrogens (tertiary/aromatic N) is 3. The second-order valence-corrected chi connectivity index (χ2v) is 6.75. The van der Waals surface area contributed by atoms with Gasteiger partial charge in [-0.2, -0.15) is 13.2 Å². The van der Waals surface area contributed by atoms with Crippen molar-refractivity contribution in [3.63, 3.8) is 0 Å². The van der Waals surface area contributed by atoms with Gasteiger partial charge in [0.2, 0.25) is 0 Å². The lowest BCUT2D eigenvalue weighted by Crippen LogP contribution is -2.56. The molecule has 1 atom stereocenters. The molecule has 152 valence electrons. The number of guanidine groups is 1. The Morgan fingerprint density at radius 2 is 1.88 bits per heavy atom. The molecule has 26 heavy (non-hydrogen) atoms. The molecule has 2 saturated heterocycles. The van der Waals surface area contributed by atoms with E-state index in [1.54, 1.807) is 7.05 Å². The zero-order chi connectivity index (χ0) is 19.0. The van der Waals surface area contributed by atoms with Crippen molar-refractivity contribution in [3.05, 3.63) is 0 Å². The van der Waals surface area contributed by atoms with Crippen LogP contribution in [-0.4, -0.2) is 93.7 Å². The van der Waals surface area contributed by atoms with E-state index in [2.05, 4.69) is 10.3 Å². The Bertz CT molecular complexity index is 434. The van der Waals surface area contributed by atoms with Crippen LogP contribution in [0.2, 0.25) is 0 Å². The fourth-order valence-electron chi connectivity index (χ4n) is 3.23. The van der Waals surface area contributed by atoms with E-state index in [1.165, 1.54) is 11.8 Å². The summed E-state index contributed by atoms with van der Waals surface area (Å²) in [6.07, 6.45) is -1.11. The summed E-state index contributed by atoms with van der Waals surface area (Å²) in [6.45, 7) is 6.03.